The molecule has 4 amide bonds. The van der Waals surface area contributed by atoms with Gasteiger partial charge in [-0.05, 0) is 0 Å². The normalized spacial score (nSPS) is 11.4. The van der Waals surface area contributed by atoms with E-state index in [1.807, 2.05) is 0 Å². The van der Waals surface area contributed by atoms with Crippen molar-refractivity contribution in [1.82, 2.24) is 25.7 Å². The number of urea groups is 2. The van der Waals surface area contributed by atoms with Gasteiger partial charge in [-0.25, -0.2) is 14.4 Å². The first-order chi connectivity index (χ1) is 9.40. The Labute approximate surface area is 114 Å². The molecular weight excluding hydrogens is 268 g/mol. The number of nitrogens with two attached hydrogens (primary N) is 1. The molecule has 0 radical (unpaired) electrons. The van der Waals surface area contributed by atoms with Crippen LogP contribution in [-0.4, -0.2) is 46.0 Å². The standard InChI is InChI=1S/C10H16N6O4/c1-16-5-6(4-14-16)7(8(17)18)15-10(20)13-3-2-12-9(11)19/h4-5,7H,2-3H2,1H3,(H,17,18)(H3,11,12,19)(H2,13,15,20). The fourth-order valence-electron chi connectivity index (χ4n) is 1.42. The highest BCUT2D eigenvalue weighted by atomic mass is 16.4. The lowest BCUT2D eigenvalue weighted by Crippen LogP contribution is -2.44. The van der Waals surface area contributed by atoms with Gasteiger partial charge in [0, 0.05) is 31.9 Å². The number of carboxylic acids is 1. The van der Waals surface area contributed by atoms with Gasteiger partial charge in [-0.2, -0.15) is 5.10 Å². The molecule has 1 unspecified atom stereocenters. The second-order valence-corrected chi connectivity index (χ2v) is 3.91. The molecule has 0 bridgehead atoms. The summed E-state index contributed by atoms with van der Waals surface area (Å²) in [6.45, 7) is 0.265. The van der Waals surface area contributed by atoms with Gasteiger partial charge in [-0.15, -0.1) is 0 Å². The van der Waals surface area contributed by atoms with Crippen LogP contribution in [0.2, 0.25) is 0 Å². The minimum absolute atomic E-state index is 0.119. The first-order valence-corrected chi connectivity index (χ1v) is 5.69. The SMILES string of the molecule is Cn1cc(C(NC(=O)NCCNC(N)=O)C(=O)O)cn1. The van der Waals surface area contributed by atoms with Gasteiger partial charge in [0.1, 0.15) is 0 Å². The van der Waals surface area contributed by atoms with Gasteiger partial charge in [0.25, 0.3) is 0 Å². The zero-order chi connectivity index (χ0) is 15.1. The monoisotopic (exact) mass is 284 g/mol. The van der Waals surface area contributed by atoms with Crippen molar-refractivity contribution in [2.75, 3.05) is 13.1 Å². The van der Waals surface area contributed by atoms with E-state index in [1.165, 1.54) is 17.1 Å². The molecule has 1 heterocycles. The molecule has 6 N–H and O–H groups in total. The molecule has 0 aromatic carbocycles. The number of aromatic nitrogens is 2. The predicted molar refractivity (Wildman–Crippen MR) is 67.7 cm³/mol. The number of carbonyl (C=O) groups is 3. The number of amides is 4. The van der Waals surface area contributed by atoms with Crippen LogP contribution in [0.4, 0.5) is 9.59 Å². The lowest BCUT2D eigenvalue weighted by Gasteiger charge is -2.13. The number of hydrogen-bond acceptors (Lipinski definition) is 4. The highest BCUT2D eigenvalue weighted by Gasteiger charge is 2.23. The molecule has 0 saturated heterocycles. The molecular formula is C10H16N6O4. The van der Waals surface area contributed by atoms with Gasteiger partial charge in [0.15, 0.2) is 6.04 Å². The van der Waals surface area contributed by atoms with E-state index >= 15 is 0 Å². The second-order valence-electron chi connectivity index (χ2n) is 3.91. The Hall–Kier alpha value is -2.78. The summed E-state index contributed by atoms with van der Waals surface area (Å²) in [5.41, 5.74) is 5.19. The molecule has 10 nitrogen and oxygen atoms in total. The quantitative estimate of drug-likeness (QED) is 0.403. The van der Waals surface area contributed by atoms with Gasteiger partial charge in [0.05, 0.1) is 6.20 Å². The fraction of sp³-hybridized carbons (Fsp3) is 0.400. The maximum Gasteiger partial charge on any atom is 0.331 e. The van der Waals surface area contributed by atoms with E-state index in [0.717, 1.165) is 0 Å². The van der Waals surface area contributed by atoms with Gasteiger partial charge in [-0.1, -0.05) is 0 Å². The van der Waals surface area contributed by atoms with E-state index in [0.29, 0.717) is 5.56 Å². The summed E-state index contributed by atoms with van der Waals surface area (Å²) >= 11 is 0. The van der Waals surface area contributed by atoms with Gasteiger partial charge in [0.2, 0.25) is 0 Å². The van der Waals surface area contributed by atoms with Crippen molar-refractivity contribution >= 4 is 18.0 Å². The molecule has 1 aromatic heterocycles. The molecule has 110 valence electrons. The molecule has 1 atom stereocenters. The summed E-state index contributed by atoms with van der Waals surface area (Å²) in [6, 6.07) is -2.58. The molecule has 1 rings (SSSR count). The van der Waals surface area contributed by atoms with E-state index in [1.54, 1.807) is 7.05 Å². The van der Waals surface area contributed by atoms with Crippen LogP contribution in [0.15, 0.2) is 12.4 Å². The Balaban J connectivity index is 2.48. The van der Waals surface area contributed by atoms with Crippen molar-refractivity contribution in [3.63, 3.8) is 0 Å². The van der Waals surface area contributed by atoms with Crippen LogP contribution in [0.3, 0.4) is 0 Å². The maximum absolute atomic E-state index is 11.5. The van der Waals surface area contributed by atoms with E-state index < -0.39 is 24.1 Å². The number of carbonyl (C=O) groups excluding carboxylic acids is 2. The number of primary amides is 1. The molecule has 0 aliphatic carbocycles. The molecule has 0 aliphatic heterocycles. The zero-order valence-electron chi connectivity index (χ0n) is 10.8. The Morgan fingerprint density at radius 1 is 1.40 bits per heavy atom. The van der Waals surface area contributed by atoms with Crippen molar-refractivity contribution in [2.45, 2.75) is 6.04 Å². The van der Waals surface area contributed by atoms with E-state index in [9.17, 15) is 14.4 Å². The Bertz CT molecular complexity index is 500. The fourth-order valence-corrected chi connectivity index (χ4v) is 1.42. The topological polar surface area (TPSA) is 151 Å². The zero-order valence-corrected chi connectivity index (χ0v) is 10.8. The third-order valence-electron chi connectivity index (χ3n) is 2.29. The molecule has 0 fully saturated rings. The van der Waals surface area contributed by atoms with E-state index in [-0.39, 0.29) is 13.1 Å². The van der Waals surface area contributed by atoms with E-state index in [4.69, 9.17) is 10.8 Å². The first-order valence-electron chi connectivity index (χ1n) is 5.69. The number of carboxylic acid groups (broad SMARTS) is 1. The smallest absolute Gasteiger partial charge is 0.331 e. The average Bonchev–Trinajstić information content (AvgIpc) is 2.77. The molecule has 20 heavy (non-hydrogen) atoms. The van der Waals surface area contributed by atoms with Crippen molar-refractivity contribution in [3.05, 3.63) is 18.0 Å². The summed E-state index contributed by atoms with van der Waals surface area (Å²) in [5.74, 6) is -1.21. The number of aryl methyl sites for hydroxylation is 1. The highest BCUT2D eigenvalue weighted by molar-refractivity contribution is 5.83. The van der Waals surface area contributed by atoms with Crippen LogP contribution in [0.5, 0.6) is 0 Å². The number of rotatable bonds is 6. The molecule has 0 spiro atoms. The van der Waals surface area contributed by atoms with Crippen molar-refractivity contribution in [2.24, 2.45) is 12.8 Å². The lowest BCUT2D eigenvalue weighted by molar-refractivity contribution is -0.139. The van der Waals surface area contributed by atoms with Crippen molar-refractivity contribution < 1.29 is 19.5 Å². The molecule has 0 saturated carbocycles. The molecule has 1 aromatic rings. The lowest BCUT2D eigenvalue weighted by atomic mass is 10.1. The Morgan fingerprint density at radius 3 is 2.55 bits per heavy atom. The van der Waals surface area contributed by atoms with Crippen LogP contribution in [0.25, 0.3) is 0 Å². The largest absolute Gasteiger partial charge is 0.479 e. The third-order valence-corrected chi connectivity index (χ3v) is 2.29. The van der Waals surface area contributed by atoms with Gasteiger partial charge < -0.3 is 26.8 Å². The Morgan fingerprint density at radius 2 is 2.05 bits per heavy atom. The average molecular weight is 284 g/mol. The molecule has 10 heteroatoms. The number of aliphatic carboxylic acids is 1. The van der Waals surface area contributed by atoms with Crippen LogP contribution in [-0.2, 0) is 11.8 Å². The number of nitrogens with zero attached hydrogens (tertiary/aromatic N) is 2. The van der Waals surface area contributed by atoms with Crippen molar-refractivity contribution in [3.8, 4) is 0 Å². The summed E-state index contributed by atoms with van der Waals surface area (Å²) in [5, 5.41) is 19.9. The Kier molecular flexibility index (Phi) is 5.32. The second kappa shape index (κ2) is 6.97. The third kappa shape index (κ3) is 4.84. The van der Waals surface area contributed by atoms with Gasteiger partial charge >= 0.3 is 18.0 Å². The first kappa shape index (κ1) is 15.3. The van der Waals surface area contributed by atoms with Crippen LogP contribution in [0, 0.1) is 0 Å². The summed E-state index contributed by atoms with van der Waals surface area (Å²) < 4.78 is 1.43. The minimum Gasteiger partial charge on any atom is -0.479 e. The van der Waals surface area contributed by atoms with Crippen LogP contribution >= 0.6 is 0 Å². The highest BCUT2D eigenvalue weighted by Crippen LogP contribution is 2.11. The predicted octanol–water partition coefficient (Wildman–Crippen LogP) is -1.49. The minimum atomic E-state index is -1.21. The summed E-state index contributed by atoms with van der Waals surface area (Å²) in [4.78, 5) is 33.0. The number of nitrogens with one attached hydrogen (secondary N) is 3. The number of hydrogen-bond donors (Lipinski definition) is 5. The summed E-state index contributed by atoms with van der Waals surface area (Å²) in [7, 11) is 1.64. The van der Waals surface area contributed by atoms with E-state index in [2.05, 4.69) is 21.0 Å². The molecule has 0 aliphatic rings. The van der Waals surface area contributed by atoms with Gasteiger partial charge in [-0.3, -0.25) is 4.68 Å². The maximum atomic E-state index is 11.5. The van der Waals surface area contributed by atoms with Crippen molar-refractivity contribution in [1.29, 1.82) is 0 Å². The van der Waals surface area contributed by atoms with Crippen LogP contribution in [0.1, 0.15) is 11.6 Å². The summed E-state index contributed by atoms with van der Waals surface area (Å²) in [6.07, 6.45) is 2.85. The van der Waals surface area contributed by atoms with Crippen LogP contribution < -0.4 is 21.7 Å².